The number of benzene rings is 4. The van der Waals surface area contributed by atoms with E-state index in [0.717, 1.165) is 87.2 Å². The summed E-state index contributed by atoms with van der Waals surface area (Å²) in [5.41, 5.74) is 8.80. The zero-order valence-corrected chi connectivity index (χ0v) is 48.3. The lowest BCUT2D eigenvalue weighted by Gasteiger charge is -2.20. The molecule has 4 amide bonds. The second-order valence-corrected chi connectivity index (χ2v) is 22.5. The molecule has 2 aromatic heterocycles. The number of anilines is 4. The molecule has 0 aliphatic carbocycles. The lowest BCUT2D eigenvalue weighted by atomic mass is 10.1. The van der Waals surface area contributed by atoms with Crippen molar-refractivity contribution in [3.05, 3.63) is 84.9 Å². The number of aryl methyl sites for hydroxylation is 2. The van der Waals surface area contributed by atoms with Crippen LogP contribution in [0.5, 0.6) is 0 Å². The minimum atomic E-state index is -0.686. The van der Waals surface area contributed by atoms with Crippen molar-refractivity contribution in [1.82, 2.24) is 21.3 Å². The molecule has 4 aromatic carbocycles. The number of carbonyl (C=O) groups is 4. The Morgan fingerprint density at radius 1 is 0.455 bits per heavy atom. The quantitative estimate of drug-likeness (QED) is 0.0205. The SMILES string of the molecule is CN(C)c1ccc2cc3ccc(N(C)C)cc3[n+](CCCCCC(=O)NCCCCCNC(=O)C(CCCCNC(=O)OC(C)(C)C)NC(=O)CCCCC[n+]3c4cc(N(C)C)ccc4cc4ccc(N(C)C)cc43)c2c1. The molecule has 1 atom stereocenters. The van der Waals surface area contributed by atoms with Gasteiger partial charge in [-0.3, -0.25) is 14.4 Å². The number of alkyl carbamates (subject to hydrolysis) is 1. The van der Waals surface area contributed by atoms with Gasteiger partial charge in [0.05, 0.1) is 0 Å². The van der Waals surface area contributed by atoms with Gasteiger partial charge < -0.3 is 45.6 Å². The van der Waals surface area contributed by atoms with Crippen molar-refractivity contribution in [1.29, 1.82) is 0 Å². The predicted octanol–water partition coefficient (Wildman–Crippen LogP) is 9.54. The van der Waals surface area contributed by atoms with Crippen molar-refractivity contribution in [3.63, 3.8) is 0 Å². The van der Waals surface area contributed by atoms with Crippen LogP contribution >= 0.6 is 0 Å². The van der Waals surface area contributed by atoms with Crippen LogP contribution in [0, 0.1) is 0 Å². The normalized spacial score (nSPS) is 11.9. The Morgan fingerprint density at radius 2 is 0.831 bits per heavy atom. The zero-order chi connectivity index (χ0) is 55.6. The molecule has 15 heteroatoms. The van der Waals surface area contributed by atoms with Crippen molar-refractivity contribution in [2.24, 2.45) is 0 Å². The van der Waals surface area contributed by atoms with Crippen LogP contribution in [-0.4, -0.2) is 111 Å². The predicted molar refractivity (Wildman–Crippen MR) is 317 cm³/mol. The van der Waals surface area contributed by atoms with Crippen molar-refractivity contribution in [3.8, 4) is 0 Å². The van der Waals surface area contributed by atoms with Gasteiger partial charge in [-0.1, -0.05) is 0 Å². The monoisotopic (exact) mass is 1050 g/mol. The Kier molecular flexibility index (Phi) is 21.9. The lowest BCUT2D eigenvalue weighted by Crippen LogP contribution is -2.47. The third-order valence-corrected chi connectivity index (χ3v) is 14.2. The van der Waals surface area contributed by atoms with Crippen molar-refractivity contribution in [2.75, 3.05) is 95.6 Å². The van der Waals surface area contributed by atoms with Crippen LogP contribution in [-0.2, 0) is 32.2 Å². The van der Waals surface area contributed by atoms with Gasteiger partial charge in [-0.15, -0.1) is 0 Å². The Labute approximate surface area is 458 Å². The second-order valence-electron chi connectivity index (χ2n) is 22.5. The van der Waals surface area contributed by atoms with Crippen LogP contribution in [0.25, 0.3) is 43.6 Å². The van der Waals surface area contributed by atoms with Crippen LogP contribution in [0.4, 0.5) is 27.5 Å². The maximum Gasteiger partial charge on any atom is 0.407 e. The molecule has 0 saturated carbocycles. The number of carbonyl (C=O) groups excluding carboxylic acids is 4. The molecule has 2 heterocycles. The highest BCUT2D eigenvalue weighted by atomic mass is 16.6. The summed E-state index contributed by atoms with van der Waals surface area (Å²) in [4.78, 5) is 60.6. The number of nitrogens with zero attached hydrogens (tertiary/aromatic N) is 6. The van der Waals surface area contributed by atoms with Crippen LogP contribution in [0.1, 0.15) is 111 Å². The second kappa shape index (κ2) is 28.5. The van der Waals surface area contributed by atoms with Gasteiger partial charge in [-0.2, -0.15) is 9.13 Å². The summed E-state index contributed by atoms with van der Waals surface area (Å²) in [6.45, 7) is 8.61. The summed E-state index contributed by atoms with van der Waals surface area (Å²) in [7, 11) is 16.5. The number of pyridine rings is 2. The molecular weight excluding hydrogens is 965 g/mol. The molecule has 4 N–H and O–H groups in total. The van der Waals surface area contributed by atoms with E-state index in [1.54, 1.807) is 0 Å². The van der Waals surface area contributed by atoms with E-state index in [4.69, 9.17) is 4.74 Å². The van der Waals surface area contributed by atoms with E-state index in [1.165, 1.54) is 43.6 Å². The molecule has 0 saturated heterocycles. The van der Waals surface area contributed by atoms with Crippen LogP contribution < -0.4 is 50.0 Å². The fourth-order valence-corrected chi connectivity index (χ4v) is 9.80. The number of unbranched alkanes of at least 4 members (excludes halogenated alkanes) is 7. The number of ether oxygens (including phenoxy) is 1. The minimum Gasteiger partial charge on any atom is -0.444 e. The Balaban J connectivity index is 0.928. The maximum absolute atomic E-state index is 13.6. The summed E-state index contributed by atoms with van der Waals surface area (Å²) in [5.74, 6) is -0.275. The molecule has 77 heavy (non-hydrogen) atoms. The van der Waals surface area contributed by atoms with Gasteiger partial charge in [0, 0.05) is 170 Å². The lowest BCUT2D eigenvalue weighted by molar-refractivity contribution is -0.646. The topological polar surface area (TPSA) is 146 Å². The van der Waals surface area contributed by atoms with Crippen molar-refractivity contribution >= 4 is 90.2 Å². The molecule has 6 aromatic rings. The summed E-state index contributed by atoms with van der Waals surface area (Å²) in [5, 5.41) is 16.8. The van der Waals surface area contributed by atoms with E-state index in [2.05, 4.69) is 191 Å². The van der Waals surface area contributed by atoms with Gasteiger partial charge in [0.2, 0.25) is 39.8 Å². The van der Waals surface area contributed by atoms with Gasteiger partial charge in [-0.25, -0.2) is 4.79 Å². The zero-order valence-electron chi connectivity index (χ0n) is 48.3. The van der Waals surface area contributed by atoms with Crippen LogP contribution in [0.2, 0.25) is 0 Å². The highest BCUT2D eigenvalue weighted by molar-refractivity contribution is 5.93. The third-order valence-electron chi connectivity index (χ3n) is 14.2. The van der Waals surface area contributed by atoms with Gasteiger partial charge in [0.25, 0.3) is 0 Å². The number of amides is 4. The fourth-order valence-electron chi connectivity index (χ4n) is 9.80. The van der Waals surface area contributed by atoms with Crippen LogP contribution in [0.15, 0.2) is 84.9 Å². The Hall–Kier alpha value is -6.90. The summed E-state index contributed by atoms with van der Waals surface area (Å²) in [6.07, 6.45) is 9.65. The summed E-state index contributed by atoms with van der Waals surface area (Å²) in [6, 6.07) is 30.3. The average molecular weight is 1060 g/mol. The van der Waals surface area contributed by atoms with Crippen molar-refractivity contribution in [2.45, 2.75) is 135 Å². The summed E-state index contributed by atoms with van der Waals surface area (Å²) < 4.78 is 10.2. The van der Waals surface area contributed by atoms with Crippen LogP contribution in [0.3, 0.4) is 0 Å². The van der Waals surface area contributed by atoms with Gasteiger partial charge in [-0.05, 0) is 146 Å². The van der Waals surface area contributed by atoms with E-state index in [9.17, 15) is 19.2 Å². The highest BCUT2D eigenvalue weighted by Gasteiger charge is 2.23. The fraction of sp³-hybridized carbons (Fsp3) is 0.516. The van der Waals surface area contributed by atoms with E-state index >= 15 is 0 Å². The molecule has 0 aliphatic heterocycles. The first-order valence-electron chi connectivity index (χ1n) is 28.1. The number of nitrogens with one attached hydrogen (secondary N) is 4. The Morgan fingerprint density at radius 3 is 1.25 bits per heavy atom. The molecule has 0 fully saturated rings. The first-order valence-corrected chi connectivity index (χ1v) is 28.1. The molecule has 0 aliphatic rings. The largest absolute Gasteiger partial charge is 0.444 e. The minimum absolute atomic E-state index is 0.0717. The van der Waals surface area contributed by atoms with E-state index in [1.807, 2.05) is 20.8 Å². The first kappa shape index (κ1) is 59.3. The van der Waals surface area contributed by atoms with E-state index in [-0.39, 0.29) is 17.7 Å². The molecule has 0 radical (unpaired) electrons. The number of hydrogen-bond acceptors (Lipinski definition) is 9. The number of hydrogen-bond donors (Lipinski definition) is 4. The maximum atomic E-state index is 13.6. The Bertz CT molecular complexity index is 2810. The van der Waals surface area contributed by atoms with E-state index in [0.29, 0.717) is 58.2 Å². The highest BCUT2D eigenvalue weighted by Crippen LogP contribution is 2.28. The third kappa shape index (κ3) is 17.8. The van der Waals surface area contributed by atoms with Gasteiger partial charge >= 0.3 is 6.09 Å². The molecule has 0 spiro atoms. The molecule has 1 unspecified atom stereocenters. The summed E-state index contributed by atoms with van der Waals surface area (Å²) >= 11 is 0. The van der Waals surface area contributed by atoms with Gasteiger partial charge in [0.15, 0.2) is 0 Å². The molecule has 0 bridgehead atoms. The molecule has 15 nitrogen and oxygen atoms in total. The smallest absolute Gasteiger partial charge is 0.407 e. The van der Waals surface area contributed by atoms with Crippen molar-refractivity contribution < 1.29 is 33.0 Å². The molecule has 416 valence electrons. The number of rotatable bonds is 29. The number of fused-ring (bicyclic) bond motifs is 4. The first-order chi connectivity index (χ1) is 36.8. The van der Waals surface area contributed by atoms with Gasteiger partial charge in [0.1, 0.15) is 24.7 Å². The molecule has 6 rings (SSSR count). The number of aromatic nitrogens is 2. The van der Waals surface area contributed by atoms with E-state index < -0.39 is 17.7 Å². The standard InChI is InChI=1S/C62H88N10O5/c1-62(2,3)77-61(76)65-36-20-17-23-53(66-59(74)25-16-13-22-38-72-56-43-51(69(8)9)32-28-47(56)40-48-29-33-52(70(10)11)44-57(48)72)60(75)64-35-19-14-18-34-63-58(73)24-15-12-21-37-71-54-41-49(67(4)5)30-26-45(54)39-46-27-31-50(68(6)7)42-55(46)71/h26-33,39-44,53H,12-25,34-38H2,1-11H3,(H2-2,63,64,65,66,73,74,75,76)/p+2. The molecular formula is C62H90N10O5+2. The average Bonchev–Trinajstić information content (AvgIpc) is 3.40.